The van der Waals surface area contributed by atoms with E-state index in [0.29, 0.717) is 11.3 Å². The van der Waals surface area contributed by atoms with Crippen molar-refractivity contribution >= 4 is 75.7 Å². The smallest absolute Gasteiger partial charge is 0.243 e. The number of benzene rings is 2. The van der Waals surface area contributed by atoms with Crippen molar-refractivity contribution in [2.24, 2.45) is 50.5 Å². The number of imidazole rings is 1. The number of nitrogens with one attached hydrogen (secondary N) is 8. The number of hydrogen-bond donors (Lipinski definition) is 13. The first-order valence-corrected chi connectivity index (χ1v) is 25.7. The Morgan fingerprint density at radius 2 is 1.45 bits per heavy atom. The van der Waals surface area contributed by atoms with Gasteiger partial charge in [0.1, 0.15) is 35.8 Å². The molecule has 25 nitrogen and oxygen atoms in total. The molecule has 1 fully saturated rings. The number of guanidine groups is 2. The van der Waals surface area contributed by atoms with Gasteiger partial charge >= 0.3 is 0 Å². The third-order valence-electron chi connectivity index (χ3n) is 13.2. The Balaban J connectivity index is 1.56. The summed E-state index contributed by atoms with van der Waals surface area (Å²) in [6.45, 7) is 1.33. The number of nitrogens with zero attached hydrogens (tertiary/aromatic N) is 3. The van der Waals surface area contributed by atoms with E-state index in [1.54, 1.807) is 12.3 Å². The van der Waals surface area contributed by atoms with Gasteiger partial charge in [-0.1, -0.05) is 36.4 Å². The summed E-state index contributed by atoms with van der Waals surface area (Å²) in [5.74, 6) is -9.92. The van der Waals surface area contributed by atoms with Crippen LogP contribution in [0.25, 0.3) is 10.9 Å². The number of ketones is 2. The molecule has 4 aromatic rings. The number of aromatic nitrogens is 3. The second-order valence-corrected chi connectivity index (χ2v) is 19.2. The monoisotopic (exact) mass is 1080 g/mol. The Hall–Kier alpha value is -8.71. The number of primary amides is 1. The minimum absolute atomic E-state index is 0.00754. The number of amides is 7. The normalized spacial score (nSPS) is 20.9. The average Bonchev–Trinajstić information content (AvgIpc) is 4.07. The molecule has 2 aromatic heterocycles. The molecule has 1 aliphatic heterocycles. The Morgan fingerprint density at radius 3 is 2.14 bits per heavy atom. The van der Waals surface area contributed by atoms with Crippen molar-refractivity contribution in [3.8, 4) is 0 Å². The van der Waals surface area contributed by atoms with E-state index < -0.39 is 120 Å². The van der Waals surface area contributed by atoms with E-state index in [9.17, 15) is 43.2 Å². The Bertz CT molecular complexity index is 2790. The van der Waals surface area contributed by atoms with Gasteiger partial charge in [-0.3, -0.25) is 53.1 Å². The van der Waals surface area contributed by atoms with E-state index in [2.05, 4.69) is 56.8 Å². The number of Topliss-reactive ketones (excluding diaryl/α,β-unsaturated/α-hetero) is 2. The highest BCUT2D eigenvalue weighted by Crippen LogP contribution is 2.26. The molecule has 0 bridgehead atoms. The molecule has 7 atom stereocenters. The highest BCUT2D eigenvalue weighted by Gasteiger charge is 2.36. The molecular weight excluding hydrogens is 1010 g/mol. The number of carbonyl (C=O) groups is 9. The van der Waals surface area contributed by atoms with Gasteiger partial charge < -0.3 is 70.5 Å². The molecule has 420 valence electrons. The van der Waals surface area contributed by atoms with Crippen LogP contribution in [0.5, 0.6) is 0 Å². The Morgan fingerprint density at radius 1 is 0.756 bits per heavy atom. The van der Waals surface area contributed by atoms with E-state index in [0.717, 1.165) is 10.9 Å². The number of para-hydroxylation sites is 1. The second kappa shape index (κ2) is 30.1. The zero-order valence-electron chi connectivity index (χ0n) is 43.5. The summed E-state index contributed by atoms with van der Waals surface area (Å²) < 4.78 is 15.5. The van der Waals surface area contributed by atoms with Crippen molar-refractivity contribution in [1.29, 1.82) is 0 Å². The zero-order valence-corrected chi connectivity index (χ0v) is 43.5. The molecule has 0 saturated carbocycles. The summed E-state index contributed by atoms with van der Waals surface area (Å²) in [6.07, 6.45) is 2.76. The van der Waals surface area contributed by atoms with Crippen LogP contribution in [-0.2, 0) is 62.4 Å². The van der Waals surface area contributed by atoms with Crippen LogP contribution in [-0.4, -0.2) is 130 Å². The Kier molecular flexibility index (Phi) is 23.2. The first kappa shape index (κ1) is 60.2. The highest BCUT2D eigenvalue weighted by atomic mass is 19.1. The SMILES string of the molecule is CC(=O)N[C@H](CCCN=C(N)N)C(=O)N[C@H]1CCCNC(=O)CC[C@@H](C(N)=O)NC(=O)[C@H](Cc2c[nH]c3ccccc23)CC(=O)[C@H](CCCN=C(N)N)CC(=O)[C@@H](Cc2ccccc2F)NC(=O)[C@H](Cc2cnc[nH]2)NC1=O. The lowest BCUT2D eigenvalue weighted by atomic mass is 9.83. The summed E-state index contributed by atoms with van der Waals surface area (Å²) in [4.78, 5) is 144. The number of carbonyl (C=O) groups excluding carboxylic acids is 9. The molecule has 0 aliphatic carbocycles. The van der Waals surface area contributed by atoms with Crippen LogP contribution < -0.4 is 60.6 Å². The fourth-order valence-corrected chi connectivity index (χ4v) is 9.07. The fourth-order valence-electron chi connectivity index (χ4n) is 9.07. The van der Waals surface area contributed by atoms with E-state index in [1.165, 1.54) is 37.6 Å². The minimum atomic E-state index is -1.51. The van der Waals surface area contributed by atoms with E-state index in [1.807, 2.05) is 24.3 Å². The molecule has 0 spiro atoms. The average molecular weight is 1080 g/mol. The number of fused-ring (bicyclic) bond motifs is 1. The third-order valence-corrected chi connectivity index (χ3v) is 13.2. The molecule has 0 radical (unpaired) electrons. The predicted molar refractivity (Wildman–Crippen MR) is 286 cm³/mol. The first-order chi connectivity index (χ1) is 37.3. The van der Waals surface area contributed by atoms with Crippen molar-refractivity contribution in [2.45, 2.75) is 121 Å². The van der Waals surface area contributed by atoms with Crippen LogP contribution in [0, 0.1) is 17.7 Å². The van der Waals surface area contributed by atoms with Crippen molar-refractivity contribution in [2.75, 3.05) is 19.6 Å². The lowest BCUT2D eigenvalue weighted by Gasteiger charge is -2.27. The van der Waals surface area contributed by atoms with Gasteiger partial charge in [-0.2, -0.15) is 0 Å². The molecule has 18 N–H and O–H groups in total. The van der Waals surface area contributed by atoms with Crippen molar-refractivity contribution < 1.29 is 47.5 Å². The maximum Gasteiger partial charge on any atom is 0.243 e. The van der Waals surface area contributed by atoms with E-state index in [4.69, 9.17) is 28.7 Å². The number of aliphatic imine (C=N–C) groups is 2. The maximum absolute atomic E-state index is 15.5. The Labute approximate surface area is 449 Å². The molecule has 1 saturated heterocycles. The standard InChI is InChI=1S/C52H71FN16O9/c1-29(70)65-39(14-8-20-62-52(57)58)48(76)67-40-15-7-18-60-45(73)17-16-38(46(54)74)66-47(75)32(21-33-26-63-37-13-5-3-11-35(33)37)24-43(71)31(10-6-19-61-51(55)56)23-44(72)41(22-30-9-2-4-12-36(30)53)68-50(78)42(69-49(40)77)25-34-27-59-28-64-34/h2-5,9,11-13,26-28,31-32,38-42,63H,6-8,10,14-25H2,1H3,(H2,54,74)(H,59,64)(H,60,73)(H,65,70)(H,66,75)(H,67,76)(H,68,78)(H,69,77)(H4,55,56,61)(H4,57,58,62)/t31-,32-,38+,39-,40+,41-,42+/m1/s1. The number of aromatic amines is 2. The van der Waals surface area contributed by atoms with Gasteiger partial charge in [-0.25, -0.2) is 9.37 Å². The molecule has 7 amide bonds. The minimum Gasteiger partial charge on any atom is -0.370 e. The number of hydrogen-bond acceptors (Lipinski definition) is 12. The lowest BCUT2D eigenvalue weighted by molar-refractivity contribution is -0.135. The summed E-state index contributed by atoms with van der Waals surface area (Å²) in [7, 11) is 0. The maximum atomic E-state index is 15.5. The van der Waals surface area contributed by atoms with Crippen LogP contribution in [0.1, 0.15) is 88.0 Å². The van der Waals surface area contributed by atoms with Gasteiger partial charge in [0.2, 0.25) is 41.4 Å². The van der Waals surface area contributed by atoms with Gasteiger partial charge in [0.15, 0.2) is 17.7 Å². The zero-order chi connectivity index (χ0) is 56.7. The number of halogens is 1. The van der Waals surface area contributed by atoms with Gasteiger partial charge in [0, 0.05) is 99.5 Å². The summed E-state index contributed by atoms with van der Waals surface area (Å²) in [5.41, 5.74) is 29.7. The summed E-state index contributed by atoms with van der Waals surface area (Å²) in [5, 5.41) is 16.8. The third kappa shape index (κ3) is 19.5. The lowest BCUT2D eigenvalue weighted by Crippen LogP contribution is -2.58. The van der Waals surface area contributed by atoms with Gasteiger partial charge in [-0.05, 0) is 74.6 Å². The molecule has 5 rings (SSSR count). The van der Waals surface area contributed by atoms with Crippen LogP contribution in [0.2, 0.25) is 0 Å². The molecule has 0 unspecified atom stereocenters. The first-order valence-electron chi connectivity index (χ1n) is 25.7. The van der Waals surface area contributed by atoms with Crippen LogP contribution in [0.4, 0.5) is 4.39 Å². The summed E-state index contributed by atoms with van der Waals surface area (Å²) >= 11 is 0. The molecule has 78 heavy (non-hydrogen) atoms. The van der Waals surface area contributed by atoms with Crippen molar-refractivity contribution in [3.63, 3.8) is 0 Å². The predicted octanol–water partition coefficient (Wildman–Crippen LogP) is -1.06. The molecule has 1 aliphatic rings. The van der Waals surface area contributed by atoms with Gasteiger partial charge in [-0.15, -0.1) is 0 Å². The number of H-pyrrole nitrogens is 2. The van der Waals surface area contributed by atoms with Crippen molar-refractivity contribution in [1.82, 2.24) is 46.9 Å². The molecule has 26 heteroatoms. The second-order valence-electron chi connectivity index (χ2n) is 19.2. The molecule has 3 heterocycles. The number of rotatable bonds is 18. The largest absolute Gasteiger partial charge is 0.370 e. The summed E-state index contributed by atoms with van der Waals surface area (Å²) in [6, 6.07) is 5.97. The van der Waals surface area contributed by atoms with Crippen LogP contribution in [0.3, 0.4) is 0 Å². The molecular formula is C52H71FN16O9. The van der Waals surface area contributed by atoms with Crippen LogP contribution in [0.15, 0.2) is 77.2 Å². The fraction of sp³-hybridized carbons (Fsp3) is 0.462. The number of nitrogens with two attached hydrogens (primary N) is 5. The highest BCUT2D eigenvalue weighted by molar-refractivity contribution is 5.98. The topological polar surface area (TPSA) is 425 Å². The van der Waals surface area contributed by atoms with Crippen molar-refractivity contribution in [3.05, 3.63) is 89.9 Å². The van der Waals surface area contributed by atoms with Gasteiger partial charge in [0.25, 0.3) is 0 Å². The van der Waals surface area contributed by atoms with E-state index >= 15 is 4.39 Å². The van der Waals surface area contributed by atoms with Crippen LogP contribution >= 0.6 is 0 Å². The molecule has 2 aromatic carbocycles. The van der Waals surface area contributed by atoms with E-state index in [-0.39, 0.29) is 101 Å². The van der Waals surface area contributed by atoms with Gasteiger partial charge in [0.05, 0.1) is 12.4 Å². The quantitative estimate of drug-likeness (QED) is 0.0321.